The molecule has 0 spiro atoms. The summed E-state index contributed by atoms with van der Waals surface area (Å²) in [5.74, 6) is -0.710. The summed E-state index contributed by atoms with van der Waals surface area (Å²) in [5.41, 5.74) is 0.665. The van der Waals surface area contributed by atoms with Gasteiger partial charge in [-0.3, -0.25) is 0 Å². The first-order valence-electron chi connectivity index (χ1n) is 7.41. The highest BCUT2D eigenvalue weighted by Gasteiger charge is 2.45. The topological polar surface area (TPSA) is 77.8 Å². The van der Waals surface area contributed by atoms with Crippen molar-refractivity contribution in [2.24, 2.45) is 11.8 Å². The maximum Gasteiger partial charge on any atom is 0.246 e. The number of aryl methyl sites for hydroxylation is 1. The Bertz CT molecular complexity index is 660. The van der Waals surface area contributed by atoms with Gasteiger partial charge in [0.2, 0.25) is 10.0 Å². The normalized spacial score (nSPS) is 32.9. The average molecular weight is 329 g/mol. The standard InChI is InChI=1S/C15H20FNO4S/c1-9-2-3-15(12(16)4-9)22(20,21)17-7-10-5-13(18)14(19)6-11(10)8-17/h2-4,10-11,13-14,18-19H,5-8H2,1H3. The van der Waals surface area contributed by atoms with Crippen molar-refractivity contribution in [1.82, 2.24) is 4.31 Å². The summed E-state index contributed by atoms with van der Waals surface area (Å²) in [7, 11) is -3.88. The van der Waals surface area contributed by atoms with Crippen LogP contribution >= 0.6 is 0 Å². The molecule has 1 saturated heterocycles. The lowest BCUT2D eigenvalue weighted by atomic mass is 9.79. The number of aliphatic hydroxyl groups excluding tert-OH is 2. The van der Waals surface area contributed by atoms with Crippen molar-refractivity contribution in [1.29, 1.82) is 0 Å². The number of hydrogen-bond acceptors (Lipinski definition) is 4. The zero-order valence-electron chi connectivity index (χ0n) is 12.3. The lowest BCUT2D eigenvalue weighted by molar-refractivity contribution is -0.0372. The SMILES string of the molecule is Cc1ccc(S(=O)(=O)N2CC3CC(O)C(O)CC3C2)c(F)c1. The van der Waals surface area contributed by atoms with Crippen LogP contribution in [0.2, 0.25) is 0 Å². The molecule has 2 aliphatic rings. The largest absolute Gasteiger partial charge is 0.390 e. The second kappa shape index (κ2) is 5.56. The highest BCUT2D eigenvalue weighted by molar-refractivity contribution is 7.89. The van der Waals surface area contributed by atoms with E-state index < -0.39 is 28.0 Å². The number of halogens is 1. The van der Waals surface area contributed by atoms with E-state index in [-0.39, 0.29) is 29.8 Å². The highest BCUT2D eigenvalue weighted by atomic mass is 32.2. The molecule has 1 aromatic rings. The summed E-state index contributed by atoms with van der Waals surface area (Å²) in [6, 6.07) is 4.09. The second-order valence-electron chi connectivity index (χ2n) is 6.38. The Balaban J connectivity index is 1.85. The summed E-state index contributed by atoms with van der Waals surface area (Å²) in [6.07, 6.45) is -0.845. The van der Waals surface area contributed by atoms with Crippen molar-refractivity contribution in [3.8, 4) is 0 Å². The first-order chi connectivity index (χ1) is 10.3. The number of fused-ring (bicyclic) bond motifs is 1. The average Bonchev–Trinajstić information content (AvgIpc) is 2.82. The van der Waals surface area contributed by atoms with Crippen molar-refractivity contribution >= 4 is 10.0 Å². The predicted molar refractivity (Wildman–Crippen MR) is 78.1 cm³/mol. The van der Waals surface area contributed by atoms with Gasteiger partial charge >= 0.3 is 0 Å². The summed E-state index contributed by atoms with van der Waals surface area (Å²) in [4.78, 5) is -0.308. The molecule has 4 unspecified atom stereocenters. The smallest absolute Gasteiger partial charge is 0.246 e. The molecule has 22 heavy (non-hydrogen) atoms. The molecule has 3 rings (SSSR count). The van der Waals surface area contributed by atoms with Crippen molar-refractivity contribution < 1.29 is 23.0 Å². The molecule has 122 valence electrons. The van der Waals surface area contributed by atoms with Gasteiger partial charge in [0.25, 0.3) is 0 Å². The fourth-order valence-electron chi connectivity index (χ4n) is 3.51. The molecule has 1 aliphatic carbocycles. The minimum absolute atomic E-state index is 0.0154. The van der Waals surface area contributed by atoms with Gasteiger partial charge in [0.1, 0.15) is 10.7 Å². The molecule has 1 saturated carbocycles. The number of nitrogens with zero attached hydrogens (tertiary/aromatic N) is 1. The Morgan fingerprint density at radius 1 is 1.14 bits per heavy atom. The molecule has 2 N–H and O–H groups in total. The van der Waals surface area contributed by atoms with Gasteiger partial charge in [-0.15, -0.1) is 0 Å². The Morgan fingerprint density at radius 2 is 1.68 bits per heavy atom. The third-order valence-electron chi connectivity index (χ3n) is 4.78. The van der Waals surface area contributed by atoms with E-state index in [9.17, 15) is 23.0 Å². The van der Waals surface area contributed by atoms with Gasteiger partial charge in [-0.25, -0.2) is 12.8 Å². The molecule has 1 aromatic carbocycles. The van der Waals surface area contributed by atoms with E-state index in [4.69, 9.17) is 0 Å². The third kappa shape index (κ3) is 2.67. The highest BCUT2D eigenvalue weighted by Crippen LogP contribution is 2.38. The van der Waals surface area contributed by atoms with E-state index in [1.165, 1.54) is 16.4 Å². The molecule has 7 heteroatoms. The Morgan fingerprint density at radius 3 is 2.18 bits per heavy atom. The molecule has 0 radical (unpaired) electrons. The minimum Gasteiger partial charge on any atom is -0.390 e. The van der Waals surface area contributed by atoms with Crippen LogP contribution in [0.3, 0.4) is 0 Å². The fourth-order valence-corrected chi connectivity index (χ4v) is 5.11. The van der Waals surface area contributed by atoms with Gasteiger partial charge in [-0.05, 0) is 49.3 Å². The maximum absolute atomic E-state index is 14.0. The zero-order valence-corrected chi connectivity index (χ0v) is 13.1. The molecular weight excluding hydrogens is 309 g/mol. The van der Waals surface area contributed by atoms with Crippen molar-refractivity contribution in [2.75, 3.05) is 13.1 Å². The number of hydrogen-bond donors (Lipinski definition) is 2. The van der Waals surface area contributed by atoms with Gasteiger partial charge in [0.15, 0.2) is 0 Å². The van der Waals surface area contributed by atoms with Gasteiger partial charge < -0.3 is 10.2 Å². The van der Waals surface area contributed by atoms with Crippen LogP contribution < -0.4 is 0 Å². The quantitative estimate of drug-likeness (QED) is 0.845. The van der Waals surface area contributed by atoms with Crippen molar-refractivity contribution in [2.45, 2.75) is 36.9 Å². The monoisotopic (exact) mass is 329 g/mol. The predicted octanol–water partition coefficient (Wildman–Crippen LogP) is 0.886. The summed E-state index contributed by atoms with van der Waals surface area (Å²) in [6.45, 7) is 2.24. The van der Waals surface area contributed by atoms with Gasteiger partial charge in [-0.2, -0.15) is 4.31 Å². The molecule has 0 amide bonds. The van der Waals surface area contributed by atoms with E-state index in [0.29, 0.717) is 18.4 Å². The molecule has 1 heterocycles. The van der Waals surface area contributed by atoms with E-state index in [0.717, 1.165) is 0 Å². The van der Waals surface area contributed by atoms with E-state index in [1.54, 1.807) is 13.0 Å². The molecule has 2 fully saturated rings. The first kappa shape index (κ1) is 15.9. The number of benzene rings is 1. The fraction of sp³-hybridized carbons (Fsp3) is 0.600. The van der Waals surface area contributed by atoms with Crippen LogP contribution in [0.5, 0.6) is 0 Å². The summed E-state index contributed by atoms with van der Waals surface area (Å²) < 4.78 is 40.6. The second-order valence-corrected chi connectivity index (χ2v) is 8.29. The van der Waals surface area contributed by atoms with Crippen LogP contribution in [0.25, 0.3) is 0 Å². The van der Waals surface area contributed by atoms with Gasteiger partial charge in [0, 0.05) is 13.1 Å². The number of sulfonamides is 1. The zero-order chi connectivity index (χ0) is 16.1. The Hall–Kier alpha value is -1.02. The minimum atomic E-state index is -3.88. The van der Waals surface area contributed by atoms with E-state index >= 15 is 0 Å². The van der Waals surface area contributed by atoms with Crippen LogP contribution in [-0.2, 0) is 10.0 Å². The van der Waals surface area contributed by atoms with Crippen molar-refractivity contribution in [3.05, 3.63) is 29.6 Å². The first-order valence-corrected chi connectivity index (χ1v) is 8.85. The van der Waals surface area contributed by atoms with E-state index in [1.807, 2.05) is 0 Å². The summed E-state index contributed by atoms with van der Waals surface area (Å²) >= 11 is 0. The van der Waals surface area contributed by atoms with Gasteiger partial charge in [0.05, 0.1) is 12.2 Å². The molecule has 0 aromatic heterocycles. The van der Waals surface area contributed by atoms with Crippen LogP contribution in [0, 0.1) is 24.6 Å². The lowest BCUT2D eigenvalue weighted by Gasteiger charge is -2.31. The maximum atomic E-state index is 14.0. The van der Waals surface area contributed by atoms with Gasteiger partial charge in [-0.1, -0.05) is 6.07 Å². The number of rotatable bonds is 2. The molecule has 5 nitrogen and oxygen atoms in total. The van der Waals surface area contributed by atoms with Crippen LogP contribution in [0.15, 0.2) is 23.1 Å². The Labute approximate surface area is 129 Å². The summed E-state index contributed by atoms with van der Waals surface area (Å²) in [5, 5.41) is 19.5. The number of aliphatic hydroxyl groups is 2. The Kier molecular flexibility index (Phi) is 4.01. The molecule has 0 bridgehead atoms. The lowest BCUT2D eigenvalue weighted by Crippen LogP contribution is -2.38. The van der Waals surface area contributed by atoms with Crippen molar-refractivity contribution in [3.63, 3.8) is 0 Å². The molecular formula is C15H20FNO4S. The third-order valence-corrected chi connectivity index (χ3v) is 6.65. The van der Waals surface area contributed by atoms with E-state index in [2.05, 4.69) is 0 Å². The van der Waals surface area contributed by atoms with Crippen LogP contribution in [-0.4, -0.2) is 48.2 Å². The van der Waals surface area contributed by atoms with Crippen LogP contribution in [0.4, 0.5) is 4.39 Å². The van der Waals surface area contributed by atoms with Crippen LogP contribution in [0.1, 0.15) is 18.4 Å². The molecule has 4 atom stereocenters. The molecule has 1 aliphatic heterocycles.